The van der Waals surface area contributed by atoms with E-state index in [1.165, 1.54) is 25.7 Å². The van der Waals surface area contributed by atoms with Crippen molar-refractivity contribution >= 4 is 23.9 Å². The van der Waals surface area contributed by atoms with Gasteiger partial charge in [0.2, 0.25) is 0 Å². The molecule has 43 heavy (non-hydrogen) atoms. The largest absolute Gasteiger partial charge is 0.457 e. The Balaban J connectivity index is 0.000000430. The van der Waals surface area contributed by atoms with Crippen molar-refractivity contribution in [3.8, 4) is 0 Å². The fraction of sp³-hybridized carbons (Fsp3) is 0.886. The Labute approximate surface area is 261 Å². The summed E-state index contributed by atoms with van der Waals surface area (Å²) in [6.07, 6.45) is 11.4. The number of rotatable bonds is 13. The Bertz CT molecular complexity index is 947. The second-order valence-corrected chi connectivity index (χ2v) is 15.2. The number of hydrogen-bond donors (Lipinski definition) is 0. The molecule has 0 aliphatic heterocycles. The lowest BCUT2D eigenvalue weighted by atomic mass is 9.70. The van der Waals surface area contributed by atoms with Crippen molar-refractivity contribution in [3.05, 3.63) is 0 Å². The number of carbonyl (C=O) groups excluding carboxylic acids is 4. The summed E-state index contributed by atoms with van der Waals surface area (Å²) in [6, 6.07) is 0. The SMILES string of the molecule is CCC(C)(C)C(=O)OCC(=O)OC(C)(C)C1(C)CCCC1.CCC(C)(C)C(=O)OCC(=O)OC(C)(C)C1(CC)CCCC1. The fourth-order valence-electron chi connectivity index (χ4n) is 5.98. The van der Waals surface area contributed by atoms with Crippen LogP contribution < -0.4 is 0 Å². The molecule has 2 fully saturated rings. The van der Waals surface area contributed by atoms with E-state index >= 15 is 0 Å². The first-order valence-corrected chi connectivity index (χ1v) is 16.4. The van der Waals surface area contributed by atoms with Crippen molar-refractivity contribution < 1.29 is 38.1 Å². The average Bonchev–Trinajstić information content (AvgIpc) is 3.61. The second kappa shape index (κ2) is 15.2. The molecule has 2 rings (SSSR count). The zero-order valence-electron chi connectivity index (χ0n) is 29.5. The van der Waals surface area contributed by atoms with E-state index in [1.54, 1.807) is 0 Å². The second-order valence-electron chi connectivity index (χ2n) is 15.2. The van der Waals surface area contributed by atoms with Gasteiger partial charge in [0.1, 0.15) is 11.2 Å². The molecule has 2 aliphatic carbocycles. The molecule has 2 aliphatic rings. The maximum Gasteiger partial charge on any atom is 0.344 e. The van der Waals surface area contributed by atoms with Crippen molar-refractivity contribution in [2.45, 2.75) is 165 Å². The zero-order chi connectivity index (χ0) is 33.3. The molecule has 0 radical (unpaired) electrons. The first kappa shape index (κ1) is 38.9. The molecule has 2 saturated carbocycles. The molecule has 0 aromatic carbocycles. The van der Waals surface area contributed by atoms with Crippen molar-refractivity contribution in [1.82, 2.24) is 0 Å². The summed E-state index contributed by atoms with van der Waals surface area (Å²) in [6.45, 7) is 22.7. The number of ether oxygens (including phenoxy) is 4. The van der Waals surface area contributed by atoms with Gasteiger partial charge in [-0.15, -0.1) is 0 Å². The summed E-state index contributed by atoms with van der Waals surface area (Å²) in [5.74, 6) is -1.62. The third kappa shape index (κ3) is 10.2. The molecule has 0 aromatic heterocycles. The van der Waals surface area contributed by atoms with E-state index in [1.807, 2.05) is 69.2 Å². The van der Waals surface area contributed by atoms with Crippen LogP contribution in [-0.4, -0.2) is 48.3 Å². The van der Waals surface area contributed by atoms with Crippen molar-refractivity contribution in [3.63, 3.8) is 0 Å². The van der Waals surface area contributed by atoms with Gasteiger partial charge in [-0.2, -0.15) is 0 Å². The lowest BCUT2D eigenvalue weighted by Crippen LogP contribution is -2.46. The van der Waals surface area contributed by atoms with Crippen LogP contribution in [0.5, 0.6) is 0 Å². The van der Waals surface area contributed by atoms with E-state index in [9.17, 15) is 19.2 Å². The first-order chi connectivity index (χ1) is 19.6. The molecule has 0 saturated heterocycles. The maximum atomic E-state index is 12.1. The lowest BCUT2D eigenvalue weighted by Gasteiger charge is -2.43. The summed E-state index contributed by atoms with van der Waals surface area (Å²) in [7, 11) is 0. The Morgan fingerprint density at radius 3 is 1.28 bits per heavy atom. The minimum absolute atomic E-state index is 0.00928. The third-order valence-electron chi connectivity index (χ3n) is 10.9. The van der Waals surface area contributed by atoms with Gasteiger partial charge in [0, 0.05) is 10.8 Å². The Hall–Kier alpha value is -2.12. The maximum absolute atomic E-state index is 12.1. The zero-order valence-corrected chi connectivity index (χ0v) is 29.5. The monoisotopic (exact) mass is 610 g/mol. The van der Waals surface area contributed by atoms with E-state index in [0.717, 1.165) is 32.1 Å². The highest BCUT2D eigenvalue weighted by Gasteiger charge is 2.48. The number of esters is 4. The van der Waals surface area contributed by atoms with E-state index in [2.05, 4.69) is 13.8 Å². The highest BCUT2D eigenvalue weighted by molar-refractivity contribution is 5.80. The van der Waals surface area contributed by atoms with Gasteiger partial charge < -0.3 is 18.9 Å². The van der Waals surface area contributed by atoms with E-state index in [-0.39, 0.29) is 36.0 Å². The molecule has 0 aromatic rings. The summed E-state index contributed by atoms with van der Waals surface area (Å²) in [5.41, 5.74) is -2.13. The van der Waals surface area contributed by atoms with Gasteiger partial charge in [-0.1, -0.05) is 53.4 Å². The van der Waals surface area contributed by atoms with Crippen LogP contribution in [0.1, 0.15) is 154 Å². The van der Waals surface area contributed by atoms with Gasteiger partial charge in [0.25, 0.3) is 0 Å². The van der Waals surface area contributed by atoms with Crippen molar-refractivity contribution in [2.75, 3.05) is 13.2 Å². The lowest BCUT2D eigenvalue weighted by molar-refractivity contribution is -0.181. The van der Waals surface area contributed by atoms with E-state index < -0.39 is 34.0 Å². The van der Waals surface area contributed by atoms with E-state index in [0.29, 0.717) is 12.8 Å². The number of hydrogen-bond acceptors (Lipinski definition) is 8. The van der Waals surface area contributed by atoms with Crippen LogP contribution in [0.3, 0.4) is 0 Å². The Morgan fingerprint density at radius 2 is 0.930 bits per heavy atom. The summed E-state index contributed by atoms with van der Waals surface area (Å²) in [4.78, 5) is 47.8. The van der Waals surface area contributed by atoms with Gasteiger partial charge >= 0.3 is 23.9 Å². The summed E-state index contributed by atoms with van der Waals surface area (Å²) >= 11 is 0. The molecule has 0 unspecified atom stereocenters. The molecule has 0 heterocycles. The van der Waals surface area contributed by atoms with Crippen LogP contribution in [0.15, 0.2) is 0 Å². The molecule has 0 atom stereocenters. The van der Waals surface area contributed by atoms with Gasteiger partial charge in [0.05, 0.1) is 10.8 Å². The topological polar surface area (TPSA) is 105 Å². The first-order valence-electron chi connectivity index (χ1n) is 16.4. The van der Waals surface area contributed by atoms with Crippen LogP contribution >= 0.6 is 0 Å². The normalized spacial score (nSPS) is 18.2. The highest BCUT2D eigenvalue weighted by atomic mass is 16.6. The fourth-order valence-corrected chi connectivity index (χ4v) is 5.98. The molecule has 8 heteroatoms. The molecule has 0 N–H and O–H groups in total. The minimum atomic E-state index is -0.564. The van der Waals surface area contributed by atoms with Crippen LogP contribution in [-0.2, 0) is 38.1 Å². The molecular weight excluding hydrogens is 548 g/mol. The predicted octanol–water partition coefficient (Wildman–Crippen LogP) is 8.13. The number of carbonyl (C=O) groups is 4. The molecule has 0 spiro atoms. The van der Waals surface area contributed by atoms with Crippen LogP contribution in [0.4, 0.5) is 0 Å². The third-order valence-corrected chi connectivity index (χ3v) is 10.9. The molecule has 0 bridgehead atoms. The van der Waals surface area contributed by atoms with Crippen molar-refractivity contribution in [2.24, 2.45) is 21.7 Å². The molecule has 8 nitrogen and oxygen atoms in total. The van der Waals surface area contributed by atoms with Gasteiger partial charge in [-0.3, -0.25) is 9.59 Å². The summed E-state index contributed by atoms with van der Waals surface area (Å²) in [5, 5.41) is 0. The van der Waals surface area contributed by atoms with Gasteiger partial charge in [-0.05, 0) is 100 Å². The van der Waals surface area contributed by atoms with Crippen LogP contribution in [0, 0.1) is 21.7 Å². The van der Waals surface area contributed by atoms with Gasteiger partial charge in [0.15, 0.2) is 13.2 Å². The standard InChI is InChI=1S/C18H32O4.C17H30O4/c1-7-16(3,4)15(20)21-13-14(19)22-17(5,6)18(8-2)11-9-10-12-18;1-7-15(2,3)14(19)20-12-13(18)21-16(4,5)17(6)10-8-9-11-17/h7-13H2,1-6H3;7-12H2,1-6H3. The Kier molecular flexibility index (Phi) is 13.8. The van der Waals surface area contributed by atoms with Gasteiger partial charge in [-0.25, -0.2) is 9.59 Å². The van der Waals surface area contributed by atoms with Crippen LogP contribution in [0.2, 0.25) is 0 Å². The highest BCUT2D eigenvalue weighted by Crippen LogP contribution is 2.50. The molecule has 0 amide bonds. The summed E-state index contributed by atoms with van der Waals surface area (Å²) < 4.78 is 21.5. The molecular formula is C35H62O8. The predicted molar refractivity (Wildman–Crippen MR) is 168 cm³/mol. The molecule has 250 valence electrons. The van der Waals surface area contributed by atoms with Crippen molar-refractivity contribution in [1.29, 1.82) is 0 Å². The minimum Gasteiger partial charge on any atom is -0.457 e. The smallest absolute Gasteiger partial charge is 0.344 e. The quantitative estimate of drug-likeness (QED) is 0.152. The Morgan fingerprint density at radius 1 is 0.581 bits per heavy atom. The van der Waals surface area contributed by atoms with Crippen LogP contribution in [0.25, 0.3) is 0 Å². The average molecular weight is 611 g/mol. The van der Waals surface area contributed by atoms with E-state index in [4.69, 9.17) is 18.9 Å².